The van der Waals surface area contributed by atoms with Crippen LogP contribution in [0.3, 0.4) is 0 Å². The molecule has 2 heterocycles. The Hall–Kier alpha value is -0.680. The first-order valence-electron chi connectivity index (χ1n) is 6.00. The van der Waals surface area contributed by atoms with Crippen LogP contribution >= 0.6 is 54.5 Å². The Morgan fingerprint density at radius 3 is 2.10 bits per heavy atom. The van der Waals surface area contributed by atoms with Gasteiger partial charge in [-0.2, -0.15) is 0 Å². The van der Waals surface area contributed by atoms with Crippen molar-refractivity contribution in [1.29, 1.82) is 0 Å². The first-order valence-corrected chi connectivity index (χ1v) is 9.22. The molecule has 0 aliphatic heterocycles. The van der Waals surface area contributed by atoms with Gasteiger partial charge in [-0.3, -0.25) is 0 Å². The Kier molecular flexibility index (Phi) is 4.56. The third-order valence-corrected chi connectivity index (χ3v) is 6.15. The molecule has 0 aliphatic carbocycles. The Morgan fingerprint density at radius 2 is 1.40 bits per heavy atom. The van der Waals surface area contributed by atoms with Gasteiger partial charge in [0.05, 0.1) is 3.79 Å². The minimum Gasteiger partial charge on any atom is -0.135 e. The maximum Gasteiger partial charge on any atom is 0.0705 e. The quantitative estimate of drug-likeness (QED) is 0.417. The van der Waals surface area contributed by atoms with Crippen LogP contribution < -0.4 is 0 Å². The molecule has 2 aromatic heterocycles. The van der Waals surface area contributed by atoms with Crippen LogP contribution in [0.2, 0.25) is 0 Å². The highest BCUT2D eigenvalue weighted by Gasteiger charge is 2.03. The maximum absolute atomic E-state index is 3.51. The third kappa shape index (κ3) is 3.50. The zero-order chi connectivity index (χ0) is 13.9. The molecule has 0 atom stereocenters. The van der Waals surface area contributed by atoms with Gasteiger partial charge >= 0.3 is 0 Å². The number of thiophene rings is 2. The summed E-state index contributed by atoms with van der Waals surface area (Å²) in [5, 5.41) is 0. The van der Waals surface area contributed by atoms with E-state index < -0.39 is 0 Å². The molecule has 3 rings (SSSR count). The summed E-state index contributed by atoms with van der Waals surface area (Å²) >= 11 is 10.5. The minimum absolute atomic E-state index is 1.11. The smallest absolute Gasteiger partial charge is 0.0705 e. The maximum atomic E-state index is 3.51. The van der Waals surface area contributed by atoms with E-state index >= 15 is 0 Å². The molecule has 0 fully saturated rings. The summed E-state index contributed by atoms with van der Waals surface area (Å²) in [4.78, 5) is 3.90. The topological polar surface area (TPSA) is 0 Å². The van der Waals surface area contributed by atoms with Crippen LogP contribution in [0.4, 0.5) is 0 Å². The lowest BCUT2D eigenvalue weighted by molar-refractivity contribution is 1.62. The van der Waals surface area contributed by atoms with Gasteiger partial charge in [-0.25, -0.2) is 0 Å². The number of halogens is 2. The minimum atomic E-state index is 1.11. The number of hydrogen-bond donors (Lipinski definition) is 0. The van der Waals surface area contributed by atoms with E-state index in [4.69, 9.17) is 0 Å². The average Bonchev–Trinajstić information content (AvgIpc) is 3.07. The van der Waals surface area contributed by atoms with E-state index in [0.29, 0.717) is 0 Å². The van der Waals surface area contributed by atoms with Gasteiger partial charge in [0.2, 0.25) is 0 Å². The first-order chi connectivity index (χ1) is 9.70. The Bertz CT molecular complexity index is 736. The molecule has 4 heteroatoms. The molecular formula is C16H10Br2S2. The van der Waals surface area contributed by atoms with Crippen molar-refractivity contribution in [3.63, 3.8) is 0 Å². The van der Waals surface area contributed by atoms with Crippen molar-refractivity contribution in [2.45, 2.75) is 0 Å². The van der Waals surface area contributed by atoms with E-state index in [0.717, 1.165) is 4.47 Å². The second kappa shape index (κ2) is 6.39. The van der Waals surface area contributed by atoms with Gasteiger partial charge in [0, 0.05) is 19.1 Å². The fraction of sp³-hybridized carbons (Fsp3) is 0. The van der Waals surface area contributed by atoms with Crippen LogP contribution in [-0.2, 0) is 0 Å². The van der Waals surface area contributed by atoms with Crippen LogP contribution in [-0.4, -0.2) is 0 Å². The van der Waals surface area contributed by atoms with Crippen molar-refractivity contribution >= 4 is 66.7 Å². The van der Waals surface area contributed by atoms with Crippen LogP contribution in [0.25, 0.3) is 21.9 Å². The molecule has 0 unspecified atom stereocenters. The third-order valence-electron chi connectivity index (χ3n) is 2.75. The molecule has 0 amide bonds. The van der Waals surface area contributed by atoms with E-state index in [1.807, 2.05) is 11.3 Å². The highest BCUT2D eigenvalue weighted by Crippen LogP contribution is 2.36. The molecule has 0 N–H and O–H groups in total. The molecule has 0 spiro atoms. The monoisotopic (exact) mass is 424 g/mol. The van der Waals surface area contributed by atoms with Crippen molar-refractivity contribution in [3.05, 3.63) is 67.2 Å². The summed E-state index contributed by atoms with van der Waals surface area (Å²) in [6, 6.07) is 16.9. The number of hydrogen-bond acceptors (Lipinski definition) is 2. The lowest BCUT2D eigenvalue weighted by Crippen LogP contribution is -1.69. The summed E-state index contributed by atoms with van der Waals surface area (Å²) < 4.78 is 2.28. The van der Waals surface area contributed by atoms with E-state index in [1.165, 1.54) is 24.0 Å². The fourth-order valence-corrected chi connectivity index (χ4v) is 4.43. The normalized spacial score (nSPS) is 11.3. The van der Waals surface area contributed by atoms with Crippen LogP contribution in [0.5, 0.6) is 0 Å². The molecule has 0 aliphatic rings. The van der Waals surface area contributed by atoms with E-state index in [1.54, 1.807) is 11.3 Å². The van der Waals surface area contributed by atoms with Crippen molar-refractivity contribution < 1.29 is 0 Å². The average molecular weight is 426 g/mol. The predicted molar refractivity (Wildman–Crippen MR) is 98.4 cm³/mol. The Balaban J connectivity index is 1.78. The summed E-state index contributed by atoms with van der Waals surface area (Å²) in [7, 11) is 0. The largest absolute Gasteiger partial charge is 0.135 e. The molecule has 100 valence electrons. The Morgan fingerprint density at radius 1 is 0.700 bits per heavy atom. The molecule has 20 heavy (non-hydrogen) atoms. The molecule has 0 saturated heterocycles. The highest BCUT2D eigenvalue weighted by atomic mass is 79.9. The summed E-state index contributed by atoms with van der Waals surface area (Å²) in [5.74, 6) is 0. The molecule has 0 nitrogen and oxygen atoms in total. The van der Waals surface area contributed by atoms with Crippen molar-refractivity contribution in [3.8, 4) is 9.75 Å². The van der Waals surface area contributed by atoms with Gasteiger partial charge in [-0.1, -0.05) is 34.1 Å². The second-order valence-electron chi connectivity index (χ2n) is 4.19. The summed E-state index contributed by atoms with van der Waals surface area (Å²) in [5.41, 5.74) is 1.21. The van der Waals surface area contributed by atoms with Crippen LogP contribution in [0.1, 0.15) is 10.4 Å². The summed E-state index contributed by atoms with van der Waals surface area (Å²) in [6.07, 6.45) is 4.31. The molecule has 3 aromatic rings. The lowest BCUT2D eigenvalue weighted by atomic mass is 10.2. The van der Waals surface area contributed by atoms with E-state index in [2.05, 4.69) is 92.5 Å². The Labute approximate surface area is 143 Å². The molecule has 0 bridgehead atoms. The zero-order valence-electron chi connectivity index (χ0n) is 10.3. The van der Waals surface area contributed by atoms with Crippen molar-refractivity contribution in [2.75, 3.05) is 0 Å². The number of benzene rings is 1. The van der Waals surface area contributed by atoms with Crippen LogP contribution in [0.15, 0.2) is 56.8 Å². The van der Waals surface area contributed by atoms with Crippen molar-refractivity contribution in [2.24, 2.45) is 0 Å². The zero-order valence-corrected chi connectivity index (χ0v) is 15.2. The summed E-state index contributed by atoms with van der Waals surface area (Å²) in [6.45, 7) is 0. The van der Waals surface area contributed by atoms with Gasteiger partial charge in [0.25, 0.3) is 0 Å². The SMILES string of the molecule is Brc1ccc(/C=C/c2ccc(-c3ccc(Br)s3)s2)cc1. The predicted octanol–water partition coefficient (Wildman–Crippen LogP) is 7.17. The second-order valence-corrected chi connectivity index (χ2v) is 8.68. The molecule has 1 aromatic carbocycles. The molecular weight excluding hydrogens is 416 g/mol. The van der Waals surface area contributed by atoms with Gasteiger partial charge in [0.1, 0.15) is 0 Å². The van der Waals surface area contributed by atoms with Gasteiger partial charge in [-0.15, -0.1) is 22.7 Å². The van der Waals surface area contributed by atoms with Gasteiger partial charge < -0.3 is 0 Å². The van der Waals surface area contributed by atoms with Crippen molar-refractivity contribution in [1.82, 2.24) is 0 Å². The van der Waals surface area contributed by atoms with Gasteiger partial charge in [0.15, 0.2) is 0 Å². The van der Waals surface area contributed by atoms with Gasteiger partial charge in [-0.05, 0) is 64.0 Å². The molecule has 0 radical (unpaired) electrons. The fourth-order valence-electron chi connectivity index (χ4n) is 1.77. The standard InChI is InChI=1S/C16H10Br2S2/c17-12-4-1-11(2-5-12)3-6-13-7-8-14(19-13)15-9-10-16(18)20-15/h1-10H/b6-3+. The first kappa shape index (κ1) is 14.3. The highest BCUT2D eigenvalue weighted by molar-refractivity contribution is 9.11. The molecule has 0 saturated carbocycles. The number of rotatable bonds is 3. The van der Waals surface area contributed by atoms with E-state index in [-0.39, 0.29) is 0 Å². The lowest BCUT2D eigenvalue weighted by Gasteiger charge is -1.93. The van der Waals surface area contributed by atoms with E-state index in [9.17, 15) is 0 Å². The van der Waals surface area contributed by atoms with Crippen LogP contribution in [0, 0.1) is 0 Å².